The molecule has 0 atom stereocenters. The quantitative estimate of drug-likeness (QED) is 0.699. The molecule has 2 heterocycles. The van der Waals surface area contributed by atoms with E-state index in [1.54, 1.807) is 36.6 Å². The average molecular weight is 359 g/mol. The van der Waals surface area contributed by atoms with Crippen molar-refractivity contribution in [1.82, 2.24) is 9.97 Å². The molecule has 2 N–H and O–H groups in total. The number of halogens is 1. The van der Waals surface area contributed by atoms with Crippen LogP contribution in [0, 0.1) is 0 Å². The van der Waals surface area contributed by atoms with Gasteiger partial charge in [-0.2, -0.15) is 0 Å². The molecule has 1 amide bonds. The number of methoxy groups -OCH3 is 1. The van der Waals surface area contributed by atoms with Gasteiger partial charge in [-0.3, -0.25) is 4.79 Å². The van der Waals surface area contributed by atoms with Gasteiger partial charge in [0.15, 0.2) is 0 Å². The molecule has 0 saturated carbocycles. The summed E-state index contributed by atoms with van der Waals surface area (Å²) in [5.41, 5.74) is 0.767. The molecule has 0 bridgehead atoms. The van der Waals surface area contributed by atoms with Crippen molar-refractivity contribution in [3.05, 3.63) is 65.5 Å². The van der Waals surface area contributed by atoms with Crippen LogP contribution in [-0.4, -0.2) is 23.0 Å². The summed E-state index contributed by atoms with van der Waals surface area (Å²) >= 11 is 6.05. The van der Waals surface area contributed by atoms with Crippen LogP contribution in [0.1, 0.15) is 16.2 Å². The van der Waals surface area contributed by atoms with Crippen molar-refractivity contribution in [3.8, 4) is 5.75 Å². The summed E-state index contributed by atoms with van der Waals surface area (Å²) in [6.45, 7) is 0.458. The Bertz CT molecular complexity index is 868. The maximum absolute atomic E-state index is 12.3. The number of benzene rings is 1. The Kier molecular flexibility index (Phi) is 5.15. The first kappa shape index (κ1) is 16.8. The summed E-state index contributed by atoms with van der Waals surface area (Å²) in [6.07, 6.45) is 2.91. The molecule has 0 fully saturated rings. The molecule has 0 unspecified atom stereocenters. The van der Waals surface area contributed by atoms with Gasteiger partial charge in [-0.15, -0.1) is 0 Å². The van der Waals surface area contributed by atoms with Gasteiger partial charge in [-0.1, -0.05) is 11.6 Å². The first-order chi connectivity index (χ1) is 12.2. The Balaban J connectivity index is 1.67. The number of carbonyl (C=O) groups excluding carboxylic acids is 1. The molecule has 0 aliphatic rings. The Labute approximate surface area is 149 Å². The third-order valence-electron chi connectivity index (χ3n) is 3.33. The molecule has 0 saturated heterocycles. The van der Waals surface area contributed by atoms with Crippen LogP contribution >= 0.6 is 11.6 Å². The summed E-state index contributed by atoms with van der Waals surface area (Å²) in [6, 6.07) is 10.2. The number of nitrogens with one attached hydrogen (secondary N) is 2. The zero-order valence-electron chi connectivity index (χ0n) is 13.3. The highest BCUT2D eigenvalue weighted by atomic mass is 35.5. The molecule has 1 aromatic carbocycles. The SMILES string of the molecule is COc1ccc(NC(=O)c2cc(NCc3ccco3)ncn2)cc1Cl. The minimum Gasteiger partial charge on any atom is -0.495 e. The van der Waals surface area contributed by atoms with Crippen molar-refractivity contribution >= 4 is 29.0 Å². The van der Waals surface area contributed by atoms with Gasteiger partial charge in [-0.25, -0.2) is 9.97 Å². The second-order valence-electron chi connectivity index (χ2n) is 5.02. The highest BCUT2D eigenvalue weighted by Crippen LogP contribution is 2.27. The lowest BCUT2D eigenvalue weighted by molar-refractivity contribution is 0.102. The molecule has 7 nitrogen and oxygen atoms in total. The lowest BCUT2D eigenvalue weighted by Gasteiger charge is -2.08. The second kappa shape index (κ2) is 7.67. The maximum atomic E-state index is 12.3. The van der Waals surface area contributed by atoms with Gasteiger partial charge in [0, 0.05) is 11.8 Å². The van der Waals surface area contributed by atoms with Gasteiger partial charge < -0.3 is 19.8 Å². The molecule has 25 heavy (non-hydrogen) atoms. The van der Waals surface area contributed by atoms with Crippen LogP contribution < -0.4 is 15.4 Å². The summed E-state index contributed by atoms with van der Waals surface area (Å²) in [4.78, 5) is 20.4. The molecular formula is C17H15ClN4O3. The first-order valence-corrected chi connectivity index (χ1v) is 7.76. The van der Waals surface area contributed by atoms with Crippen molar-refractivity contribution in [3.63, 3.8) is 0 Å². The number of ether oxygens (including phenoxy) is 1. The average Bonchev–Trinajstić information content (AvgIpc) is 3.14. The van der Waals surface area contributed by atoms with Crippen molar-refractivity contribution < 1.29 is 13.9 Å². The van der Waals surface area contributed by atoms with E-state index in [2.05, 4.69) is 20.6 Å². The third kappa shape index (κ3) is 4.27. The predicted octanol–water partition coefficient (Wildman–Crippen LogP) is 3.60. The summed E-state index contributed by atoms with van der Waals surface area (Å²) in [5, 5.41) is 6.21. The standard InChI is InChI=1S/C17H15ClN4O3/c1-24-15-5-4-11(7-13(15)18)22-17(23)14-8-16(21-10-20-14)19-9-12-3-2-6-25-12/h2-8,10H,9H2,1H3,(H,22,23)(H,19,20,21). The Morgan fingerprint density at radius 1 is 1.28 bits per heavy atom. The van der Waals surface area contributed by atoms with E-state index in [4.69, 9.17) is 20.8 Å². The summed E-state index contributed by atoms with van der Waals surface area (Å²) in [5.74, 6) is 1.44. The first-order valence-electron chi connectivity index (χ1n) is 7.39. The smallest absolute Gasteiger partial charge is 0.274 e. The lowest BCUT2D eigenvalue weighted by atomic mass is 10.3. The van der Waals surface area contributed by atoms with E-state index in [0.717, 1.165) is 5.76 Å². The fourth-order valence-corrected chi connectivity index (χ4v) is 2.37. The number of furan rings is 1. The van der Waals surface area contributed by atoms with Crippen molar-refractivity contribution in [2.45, 2.75) is 6.54 Å². The Morgan fingerprint density at radius 3 is 2.88 bits per heavy atom. The molecule has 3 rings (SSSR count). The summed E-state index contributed by atoms with van der Waals surface area (Å²) in [7, 11) is 1.53. The number of hydrogen-bond acceptors (Lipinski definition) is 6. The molecule has 3 aromatic rings. The van der Waals surface area contributed by atoms with E-state index in [0.29, 0.717) is 28.8 Å². The number of anilines is 2. The van der Waals surface area contributed by atoms with E-state index < -0.39 is 0 Å². The van der Waals surface area contributed by atoms with Gasteiger partial charge in [-0.05, 0) is 30.3 Å². The predicted molar refractivity (Wildman–Crippen MR) is 94.0 cm³/mol. The Hall–Kier alpha value is -3.06. The number of carbonyl (C=O) groups is 1. The minimum atomic E-state index is -0.371. The van der Waals surface area contributed by atoms with E-state index in [1.807, 2.05) is 6.07 Å². The lowest BCUT2D eigenvalue weighted by Crippen LogP contribution is -2.14. The van der Waals surface area contributed by atoms with E-state index in [-0.39, 0.29) is 11.6 Å². The van der Waals surface area contributed by atoms with Crippen LogP contribution in [0.5, 0.6) is 5.75 Å². The monoisotopic (exact) mass is 358 g/mol. The fraction of sp³-hybridized carbons (Fsp3) is 0.118. The van der Waals surface area contributed by atoms with Crippen molar-refractivity contribution in [2.24, 2.45) is 0 Å². The van der Waals surface area contributed by atoms with Crippen LogP contribution in [0.25, 0.3) is 0 Å². The minimum absolute atomic E-state index is 0.226. The molecule has 0 aliphatic carbocycles. The zero-order valence-corrected chi connectivity index (χ0v) is 14.1. The van der Waals surface area contributed by atoms with Crippen LogP contribution in [0.3, 0.4) is 0 Å². The number of aromatic nitrogens is 2. The molecule has 2 aromatic heterocycles. The second-order valence-corrected chi connectivity index (χ2v) is 5.43. The van der Waals surface area contributed by atoms with Crippen LogP contribution in [0.15, 0.2) is 53.4 Å². The number of hydrogen-bond donors (Lipinski definition) is 2. The normalized spacial score (nSPS) is 10.3. The molecule has 0 spiro atoms. The van der Waals surface area contributed by atoms with Crippen LogP contribution in [0.2, 0.25) is 5.02 Å². The highest BCUT2D eigenvalue weighted by molar-refractivity contribution is 6.32. The third-order valence-corrected chi connectivity index (χ3v) is 3.63. The Morgan fingerprint density at radius 2 is 2.16 bits per heavy atom. The molecule has 0 radical (unpaired) electrons. The van der Waals surface area contributed by atoms with E-state index >= 15 is 0 Å². The largest absolute Gasteiger partial charge is 0.495 e. The number of rotatable bonds is 6. The summed E-state index contributed by atoms with van der Waals surface area (Å²) < 4.78 is 10.3. The van der Waals surface area contributed by atoms with Crippen molar-refractivity contribution in [2.75, 3.05) is 17.7 Å². The fourth-order valence-electron chi connectivity index (χ4n) is 2.11. The van der Waals surface area contributed by atoms with Gasteiger partial charge in [0.05, 0.1) is 24.9 Å². The molecule has 128 valence electrons. The number of nitrogens with zero attached hydrogens (tertiary/aromatic N) is 2. The molecule has 8 heteroatoms. The highest BCUT2D eigenvalue weighted by Gasteiger charge is 2.11. The van der Waals surface area contributed by atoms with Gasteiger partial charge >= 0.3 is 0 Å². The topological polar surface area (TPSA) is 89.3 Å². The van der Waals surface area contributed by atoms with Crippen molar-refractivity contribution in [1.29, 1.82) is 0 Å². The van der Waals surface area contributed by atoms with Crippen LogP contribution in [0.4, 0.5) is 11.5 Å². The molecule has 0 aliphatic heterocycles. The van der Waals surface area contributed by atoms with Gasteiger partial charge in [0.25, 0.3) is 5.91 Å². The number of amides is 1. The van der Waals surface area contributed by atoms with Gasteiger partial charge in [0.1, 0.15) is 29.3 Å². The van der Waals surface area contributed by atoms with E-state index in [1.165, 1.54) is 13.4 Å². The van der Waals surface area contributed by atoms with Crippen LogP contribution in [-0.2, 0) is 6.54 Å². The maximum Gasteiger partial charge on any atom is 0.274 e. The van der Waals surface area contributed by atoms with Gasteiger partial charge in [0.2, 0.25) is 0 Å². The van der Waals surface area contributed by atoms with E-state index in [9.17, 15) is 4.79 Å². The molecular weight excluding hydrogens is 344 g/mol. The zero-order chi connectivity index (χ0) is 17.6.